The van der Waals surface area contributed by atoms with Gasteiger partial charge in [-0.05, 0) is 36.2 Å². The van der Waals surface area contributed by atoms with Crippen molar-refractivity contribution in [1.29, 1.82) is 0 Å². The predicted octanol–water partition coefficient (Wildman–Crippen LogP) is 3.11. The van der Waals surface area contributed by atoms with Gasteiger partial charge >= 0.3 is 0 Å². The van der Waals surface area contributed by atoms with Gasteiger partial charge in [-0.1, -0.05) is 42.5 Å². The summed E-state index contributed by atoms with van der Waals surface area (Å²) in [6.45, 7) is 0.570. The van der Waals surface area contributed by atoms with Crippen molar-refractivity contribution in [2.45, 2.75) is 12.3 Å². The summed E-state index contributed by atoms with van der Waals surface area (Å²) >= 11 is 0. The van der Waals surface area contributed by atoms with E-state index in [4.69, 9.17) is 5.73 Å². The number of nitrogens with two attached hydrogens (primary N) is 1. The molecule has 1 atom stereocenters. The average Bonchev–Trinajstić information content (AvgIpc) is 2.37. The van der Waals surface area contributed by atoms with Crippen LogP contribution in [0.2, 0.25) is 0 Å². The summed E-state index contributed by atoms with van der Waals surface area (Å²) < 4.78 is 13.1. The molecule has 2 N–H and O–H groups in total. The van der Waals surface area contributed by atoms with Crippen LogP contribution in [0.15, 0.2) is 54.6 Å². The standard InChI is InChI=1S/C15H16FN/c16-15-8-4-5-12(10-15)9-14(11-17)13-6-2-1-3-7-13/h1-8,10,14H,9,11,17H2. The van der Waals surface area contributed by atoms with Gasteiger partial charge in [0.1, 0.15) is 5.82 Å². The summed E-state index contributed by atoms with van der Waals surface area (Å²) in [6, 6.07) is 16.8. The van der Waals surface area contributed by atoms with Crippen LogP contribution in [0, 0.1) is 5.82 Å². The van der Waals surface area contributed by atoms with Gasteiger partial charge in [0, 0.05) is 5.92 Å². The van der Waals surface area contributed by atoms with E-state index in [1.54, 1.807) is 12.1 Å². The lowest BCUT2D eigenvalue weighted by Crippen LogP contribution is -2.15. The average molecular weight is 229 g/mol. The lowest BCUT2D eigenvalue weighted by molar-refractivity contribution is 0.621. The molecule has 2 rings (SSSR count). The summed E-state index contributed by atoms with van der Waals surface area (Å²) in [5, 5.41) is 0. The number of hydrogen-bond donors (Lipinski definition) is 1. The van der Waals surface area contributed by atoms with Crippen LogP contribution in [0.3, 0.4) is 0 Å². The minimum Gasteiger partial charge on any atom is -0.330 e. The molecule has 0 saturated heterocycles. The van der Waals surface area contributed by atoms with Gasteiger partial charge in [0.15, 0.2) is 0 Å². The molecule has 0 spiro atoms. The third-order valence-corrected chi connectivity index (χ3v) is 2.93. The lowest BCUT2D eigenvalue weighted by atomic mass is 9.92. The van der Waals surface area contributed by atoms with E-state index in [1.807, 2.05) is 24.3 Å². The highest BCUT2D eigenvalue weighted by molar-refractivity contribution is 5.24. The zero-order valence-electron chi connectivity index (χ0n) is 9.64. The summed E-state index contributed by atoms with van der Waals surface area (Å²) in [7, 11) is 0. The maximum absolute atomic E-state index is 13.1. The van der Waals surface area contributed by atoms with Gasteiger partial charge in [-0.25, -0.2) is 4.39 Å². The summed E-state index contributed by atoms with van der Waals surface area (Å²) in [6.07, 6.45) is 0.776. The smallest absolute Gasteiger partial charge is 0.123 e. The molecular formula is C15H16FN. The first-order valence-electron chi connectivity index (χ1n) is 5.79. The van der Waals surface area contributed by atoms with Crippen molar-refractivity contribution in [1.82, 2.24) is 0 Å². The minimum absolute atomic E-state index is 0.189. The van der Waals surface area contributed by atoms with Crippen molar-refractivity contribution in [2.24, 2.45) is 5.73 Å². The molecule has 0 radical (unpaired) electrons. The molecule has 2 aromatic carbocycles. The number of hydrogen-bond acceptors (Lipinski definition) is 1. The van der Waals surface area contributed by atoms with E-state index >= 15 is 0 Å². The molecule has 0 aliphatic rings. The first-order valence-corrected chi connectivity index (χ1v) is 5.79. The molecule has 0 heterocycles. The maximum atomic E-state index is 13.1. The van der Waals surface area contributed by atoms with E-state index in [9.17, 15) is 4.39 Å². The molecule has 0 aliphatic heterocycles. The van der Waals surface area contributed by atoms with Gasteiger partial charge in [-0.3, -0.25) is 0 Å². The summed E-state index contributed by atoms with van der Waals surface area (Å²) in [5.74, 6) is 0.0596. The summed E-state index contributed by atoms with van der Waals surface area (Å²) in [5.41, 5.74) is 7.99. The normalized spacial score (nSPS) is 12.4. The van der Waals surface area contributed by atoms with E-state index in [1.165, 1.54) is 11.6 Å². The number of benzene rings is 2. The quantitative estimate of drug-likeness (QED) is 0.856. The molecule has 0 aromatic heterocycles. The lowest BCUT2D eigenvalue weighted by Gasteiger charge is -2.15. The topological polar surface area (TPSA) is 26.0 Å². The van der Waals surface area contributed by atoms with Gasteiger partial charge in [-0.15, -0.1) is 0 Å². The Labute approximate surface area is 101 Å². The molecular weight excluding hydrogens is 213 g/mol. The summed E-state index contributed by atoms with van der Waals surface area (Å²) in [4.78, 5) is 0. The van der Waals surface area contributed by atoms with Crippen LogP contribution in [0.25, 0.3) is 0 Å². The molecule has 17 heavy (non-hydrogen) atoms. The molecule has 0 aliphatic carbocycles. The monoisotopic (exact) mass is 229 g/mol. The van der Waals surface area contributed by atoms with Crippen LogP contribution in [0.5, 0.6) is 0 Å². The predicted molar refractivity (Wildman–Crippen MR) is 68.3 cm³/mol. The molecule has 0 fully saturated rings. The zero-order valence-corrected chi connectivity index (χ0v) is 9.64. The van der Waals surface area contributed by atoms with Crippen molar-refractivity contribution in [3.05, 3.63) is 71.5 Å². The Morgan fingerprint density at radius 1 is 1.00 bits per heavy atom. The van der Waals surface area contributed by atoms with Crippen LogP contribution in [0.1, 0.15) is 17.0 Å². The highest BCUT2D eigenvalue weighted by atomic mass is 19.1. The second kappa shape index (κ2) is 5.60. The third-order valence-electron chi connectivity index (χ3n) is 2.93. The van der Waals surface area contributed by atoms with Crippen LogP contribution in [0.4, 0.5) is 4.39 Å². The van der Waals surface area contributed by atoms with E-state index in [0.29, 0.717) is 6.54 Å². The number of rotatable bonds is 4. The third kappa shape index (κ3) is 3.14. The maximum Gasteiger partial charge on any atom is 0.123 e. The van der Waals surface area contributed by atoms with Crippen LogP contribution >= 0.6 is 0 Å². The molecule has 0 amide bonds. The van der Waals surface area contributed by atoms with Crippen molar-refractivity contribution in [3.8, 4) is 0 Å². The molecule has 2 aromatic rings. The fourth-order valence-electron chi connectivity index (χ4n) is 2.01. The Morgan fingerprint density at radius 3 is 2.41 bits per heavy atom. The Balaban J connectivity index is 2.16. The Bertz CT molecular complexity index is 467. The second-order valence-corrected chi connectivity index (χ2v) is 4.18. The van der Waals surface area contributed by atoms with Crippen molar-refractivity contribution in [2.75, 3.05) is 6.54 Å². The fourth-order valence-corrected chi connectivity index (χ4v) is 2.01. The minimum atomic E-state index is -0.189. The van der Waals surface area contributed by atoms with Gasteiger partial charge in [0.05, 0.1) is 0 Å². The van der Waals surface area contributed by atoms with Crippen LogP contribution in [-0.2, 0) is 6.42 Å². The van der Waals surface area contributed by atoms with E-state index in [0.717, 1.165) is 12.0 Å². The van der Waals surface area contributed by atoms with Gasteiger partial charge in [-0.2, -0.15) is 0 Å². The fraction of sp³-hybridized carbons (Fsp3) is 0.200. The molecule has 1 nitrogen and oxygen atoms in total. The van der Waals surface area contributed by atoms with Crippen molar-refractivity contribution < 1.29 is 4.39 Å². The van der Waals surface area contributed by atoms with Gasteiger partial charge in [0.25, 0.3) is 0 Å². The van der Waals surface area contributed by atoms with E-state index in [-0.39, 0.29) is 11.7 Å². The van der Waals surface area contributed by atoms with Crippen LogP contribution < -0.4 is 5.73 Å². The number of halogens is 1. The van der Waals surface area contributed by atoms with E-state index in [2.05, 4.69) is 12.1 Å². The molecule has 88 valence electrons. The first kappa shape index (κ1) is 11.8. The SMILES string of the molecule is NCC(Cc1cccc(F)c1)c1ccccc1. The van der Waals surface area contributed by atoms with Crippen molar-refractivity contribution in [3.63, 3.8) is 0 Å². The van der Waals surface area contributed by atoms with E-state index < -0.39 is 0 Å². The van der Waals surface area contributed by atoms with Crippen molar-refractivity contribution >= 4 is 0 Å². The molecule has 0 saturated carbocycles. The molecule has 1 unspecified atom stereocenters. The molecule has 0 bridgehead atoms. The molecule has 2 heteroatoms. The Kier molecular flexibility index (Phi) is 3.89. The van der Waals surface area contributed by atoms with Gasteiger partial charge in [0.2, 0.25) is 0 Å². The largest absolute Gasteiger partial charge is 0.330 e. The first-order chi connectivity index (χ1) is 8.29. The second-order valence-electron chi connectivity index (χ2n) is 4.18. The Hall–Kier alpha value is -1.67. The zero-order chi connectivity index (χ0) is 12.1. The highest BCUT2D eigenvalue weighted by Gasteiger charge is 2.10. The Morgan fingerprint density at radius 2 is 1.76 bits per heavy atom. The highest BCUT2D eigenvalue weighted by Crippen LogP contribution is 2.20. The van der Waals surface area contributed by atoms with Crippen LogP contribution in [-0.4, -0.2) is 6.54 Å². The van der Waals surface area contributed by atoms with Gasteiger partial charge < -0.3 is 5.73 Å².